The first-order valence-corrected chi connectivity index (χ1v) is 7.58. The molecule has 0 unspecified atom stereocenters. The van der Waals surface area contributed by atoms with Gasteiger partial charge in [-0.3, -0.25) is 0 Å². The molecule has 2 aromatic rings. The molecule has 118 valence electrons. The standard InChI is InChI=1S/C19H17ClO3/c1-2-23-17-12-8-15(9-13-17)18(4-3-5-19(21)22)14-6-10-16(20)11-7-14/h3-13H,2H2,1H3,(H,21,22)/b5-3+,18-4-. The molecule has 0 fully saturated rings. The van der Waals surface area contributed by atoms with Gasteiger partial charge >= 0.3 is 5.97 Å². The van der Waals surface area contributed by atoms with Gasteiger partial charge < -0.3 is 9.84 Å². The second-order valence-electron chi connectivity index (χ2n) is 4.74. The van der Waals surface area contributed by atoms with Crippen molar-refractivity contribution in [1.29, 1.82) is 0 Å². The minimum absolute atomic E-state index is 0.612. The fourth-order valence-electron chi connectivity index (χ4n) is 2.11. The Morgan fingerprint density at radius 2 is 1.65 bits per heavy atom. The molecule has 0 radical (unpaired) electrons. The molecule has 4 heteroatoms. The first-order valence-electron chi connectivity index (χ1n) is 7.20. The molecule has 0 bridgehead atoms. The molecule has 0 aliphatic carbocycles. The summed E-state index contributed by atoms with van der Waals surface area (Å²) in [7, 11) is 0. The van der Waals surface area contributed by atoms with E-state index in [-0.39, 0.29) is 0 Å². The first-order chi connectivity index (χ1) is 11.1. The third-order valence-electron chi connectivity index (χ3n) is 3.13. The molecule has 1 N–H and O–H groups in total. The van der Waals surface area contributed by atoms with E-state index >= 15 is 0 Å². The third-order valence-corrected chi connectivity index (χ3v) is 3.39. The highest BCUT2D eigenvalue weighted by molar-refractivity contribution is 6.30. The Kier molecular flexibility index (Phi) is 6.01. The maximum Gasteiger partial charge on any atom is 0.328 e. The monoisotopic (exact) mass is 328 g/mol. The number of allylic oxidation sites excluding steroid dienone is 2. The Balaban J connectivity index is 2.40. The molecule has 0 spiro atoms. The van der Waals surface area contributed by atoms with Crippen molar-refractivity contribution in [3.8, 4) is 5.75 Å². The molecule has 0 aliphatic rings. The molecule has 2 rings (SSSR count). The van der Waals surface area contributed by atoms with E-state index in [0.717, 1.165) is 28.5 Å². The van der Waals surface area contributed by atoms with Gasteiger partial charge in [0.1, 0.15) is 5.75 Å². The molecule has 2 aromatic carbocycles. The molecule has 0 heterocycles. The number of ether oxygens (including phenoxy) is 1. The van der Waals surface area contributed by atoms with Crippen LogP contribution in [0.25, 0.3) is 5.57 Å². The molecule has 23 heavy (non-hydrogen) atoms. The molecule has 0 atom stereocenters. The Labute approximate surface area is 140 Å². The van der Waals surface area contributed by atoms with Crippen LogP contribution in [0.1, 0.15) is 18.1 Å². The normalized spacial score (nSPS) is 11.7. The maximum absolute atomic E-state index is 10.7. The number of carboxylic acids is 1. The van der Waals surface area contributed by atoms with Crippen molar-refractivity contribution in [2.45, 2.75) is 6.92 Å². The van der Waals surface area contributed by atoms with Crippen LogP contribution in [0.2, 0.25) is 5.02 Å². The smallest absolute Gasteiger partial charge is 0.328 e. The van der Waals surface area contributed by atoms with Crippen molar-refractivity contribution in [3.05, 3.63) is 82.9 Å². The van der Waals surface area contributed by atoms with E-state index in [2.05, 4.69) is 0 Å². The minimum atomic E-state index is -0.983. The van der Waals surface area contributed by atoms with Gasteiger partial charge in [-0.25, -0.2) is 4.79 Å². The highest BCUT2D eigenvalue weighted by Gasteiger charge is 2.05. The van der Waals surface area contributed by atoms with Crippen molar-refractivity contribution in [1.82, 2.24) is 0 Å². The Bertz CT molecular complexity index is 713. The van der Waals surface area contributed by atoms with Crippen molar-refractivity contribution >= 4 is 23.1 Å². The SMILES string of the molecule is CCOc1ccc(/C(=C\C=C\C(=O)O)c2ccc(Cl)cc2)cc1. The van der Waals surface area contributed by atoms with Crippen LogP contribution in [0.3, 0.4) is 0 Å². The lowest BCUT2D eigenvalue weighted by atomic mass is 9.97. The van der Waals surface area contributed by atoms with Crippen molar-refractivity contribution in [2.75, 3.05) is 6.61 Å². The van der Waals surface area contributed by atoms with Gasteiger partial charge in [0.25, 0.3) is 0 Å². The van der Waals surface area contributed by atoms with Gasteiger partial charge in [0.2, 0.25) is 0 Å². The van der Waals surface area contributed by atoms with Gasteiger partial charge in [-0.05, 0) is 47.9 Å². The van der Waals surface area contributed by atoms with Crippen LogP contribution in [0, 0.1) is 0 Å². The largest absolute Gasteiger partial charge is 0.494 e. The average molecular weight is 329 g/mol. The van der Waals surface area contributed by atoms with Crippen LogP contribution in [-0.4, -0.2) is 17.7 Å². The van der Waals surface area contributed by atoms with Gasteiger partial charge in [0, 0.05) is 11.1 Å². The topological polar surface area (TPSA) is 46.5 Å². The summed E-state index contributed by atoms with van der Waals surface area (Å²) >= 11 is 5.94. The summed E-state index contributed by atoms with van der Waals surface area (Å²) in [5.41, 5.74) is 2.82. The molecular formula is C19H17ClO3. The molecular weight excluding hydrogens is 312 g/mol. The third kappa shape index (κ3) is 5.01. The van der Waals surface area contributed by atoms with Crippen molar-refractivity contribution in [3.63, 3.8) is 0 Å². The lowest BCUT2D eigenvalue weighted by molar-refractivity contribution is -0.131. The number of hydrogen-bond donors (Lipinski definition) is 1. The number of carbonyl (C=O) groups is 1. The summed E-state index contributed by atoms with van der Waals surface area (Å²) in [4.78, 5) is 10.7. The predicted molar refractivity (Wildman–Crippen MR) is 92.9 cm³/mol. The van der Waals surface area contributed by atoms with Gasteiger partial charge in [0.05, 0.1) is 6.61 Å². The Hall–Kier alpha value is -2.52. The fraction of sp³-hybridized carbons (Fsp3) is 0.105. The van der Waals surface area contributed by atoms with E-state index in [1.807, 2.05) is 43.3 Å². The summed E-state index contributed by atoms with van der Waals surface area (Å²) in [6.07, 6.45) is 4.39. The minimum Gasteiger partial charge on any atom is -0.494 e. The average Bonchev–Trinajstić information content (AvgIpc) is 2.54. The Morgan fingerprint density at radius 1 is 1.09 bits per heavy atom. The number of hydrogen-bond acceptors (Lipinski definition) is 2. The number of aliphatic carboxylic acids is 1. The van der Waals surface area contributed by atoms with Gasteiger partial charge in [0.15, 0.2) is 0 Å². The van der Waals surface area contributed by atoms with E-state index in [9.17, 15) is 4.79 Å². The molecule has 0 saturated heterocycles. The second kappa shape index (κ2) is 8.20. The summed E-state index contributed by atoms with van der Waals surface area (Å²) in [5.74, 6) is -0.184. The van der Waals surface area contributed by atoms with Crippen LogP contribution < -0.4 is 4.74 Å². The molecule has 3 nitrogen and oxygen atoms in total. The zero-order valence-electron chi connectivity index (χ0n) is 12.7. The quantitative estimate of drug-likeness (QED) is 0.611. The number of carboxylic acid groups (broad SMARTS) is 1. The summed E-state index contributed by atoms with van der Waals surface area (Å²) in [5, 5.41) is 9.40. The van der Waals surface area contributed by atoms with E-state index in [1.54, 1.807) is 18.2 Å². The second-order valence-corrected chi connectivity index (χ2v) is 5.18. The summed E-state index contributed by atoms with van der Waals surface area (Å²) in [6.45, 7) is 2.55. The van der Waals surface area contributed by atoms with Gasteiger partial charge in [-0.15, -0.1) is 0 Å². The van der Waals surface area contributed by atoms with Crippen molar-refractivity contribution < 1.29 is 14.6 Å². The van der Waals surface area contributed by atoms with E-state index in [1.165, 1.54) is 6.08 Å². The Morgan fingerprint density at radius 3 is 2.17 bits per heavy atom. The lowest BCUT2D eigenvalue weighted by Crippen LogP contribution is -1.92. The summed E-state index contributed by atoms with van der Waals surface area (Å²) < 4.78 is 5.45. The number of rotatable bonds is 6. The van der Waals surface area contributed by atoms with Gasteiger partial charge in [-0.2, -0.15) is 0 Å². The van der Waals surface area contributed by atoms with Gasteiger partial charge in [-0.1, -0.05) is 48.0 Å². The highest BCUT2D eigenvalue weighted by atomic mass is 35.5. The fourth-order valence-corrected chi connectivity index (χ4v) is 2.24. The lowest BCUT2D eigenvalue weighted by Gasteiger charge is -2.09. The first kappa shape index (κ1) is 16.8. The van der Waals surface area contributed by atoms with Crippen LogP contribution in [-0.2, 0) is 4.79 Å². The summed E-state index contributed by atoms with van der Waals surface area (Å²) in [6, 6.07) is 15.1. The maximum atomic E-state index is 10.7. The molecule has 0 aliphatic heterocycles. The zero-order valence-corrected chi connectivity index (χ0v) is 13.5. The van der Waals surface area contributed by atoms with E-state index < -0.39 is 5.97 Å². The zero-order chi connectivity index (χ0) is 16.7. The molecule has 0 aromatic heterocycles. The molecule has 0 amide bonds. The predicted octanol–water partition coefficient (Wildman–Crippen LogP) is 4.81. The molecule has 0 saturated carbocycles. The number of halogens is 1. The van der Waals surface area contributed by atoms with Crippen LogP contribution in [0.5, 0.6) is 5.75 Å². The van der Waals surface area contributed by atoms with E-state index in [4.69, 9.17) is 21.4 Å². The highest BCUT2D eigenvalue weighted by Crippen LogP contribution is 2.26. The van der Waals surface area contributed by atoms with Crippen molar-refractivity contribution in [2.24, 2.45) is 0 Å². The van der Waals surface area contributed by atoms with E-state index in [0.29, 0.717) is 11.6 Å². The van der Waals surface area contributed by atoms with Crippen LogP contribution in [0.4, 0.5) is 0 Å². The van der Waals surface area contributed by atoms with Crippen LogP contribution in [0.15, 0.2) is 66.8 Å². The van der Waals surface area contributed by atoms with Crippen LogP contribution >= 0.6 is 11.6 Å². The number of benzene rings is 2.